The molecule has 0 spiro atoms. The number of nitrogens with zero attached hydrogens (tertiary/aromatic N) is 2. The van der Waals surface area contributed by atoms with E-state index in [1.165, 1.54) is 36.6 Å². The molecule has 0 heterocycles. The molecule has 0 aliphatic heterocycles. The fourth-order valence-electron chi connectivity index (χ4n) is 2.05. The number of ketones is 1. The molecule has 0 bridgehead atoms. The summed E-state index contributed by atoms with van der Waals surface area (Å²) >= 11 is 13.1. The van der Waals surface area contributed by atoms with E-state index in [4.69, 9.17) is 28.5 Å². The van der Waals surface area contributed by atoms with Gasteiger partial charge in [0, 0.05) is 27.6 Å². The minimum atomic E-state index is -0.554. The topological polar surface area (TPSA) is 96.0 Å². The molecule has 6 nitrogen and oxygen atoms in total. The van der Waals surface area contributed by atoms with Gasteiger partial charge >= 0.3 is 51.4 Å². The molecule has 0 amide bonds. The number of hydrogen-bond acceptors (Lipinski definition) is 6. The average molecular weight is 448 g/mol. The number of nitrogens with one attached hydrogen (secondary N) is 1. The molecule has 0 saturated heterocycles. The Bertz CT molecular complexity index is 961. The van der Waals surface area contributed by atoms with E-state index < -0.39 is 4.92 Å². The zero-order valence-corrected chi connectivity index (χ0v) is 15.7. The summed E-state index contributed by atoms with van der Waals surface area (Å²) in [7, 11) is 0. The predicted octanol–water partition coefficient (Wildman–Crippen LogP) is 4.81. The Labute approximate surface area is 212 Å². The molecule has 2 aromatic carbocycles. The summed E-state index contributed by atoms with van der Waals surface area (Å²) in [6.07, 6.45) is 0. The van der Waals surface area contributed by atoms with Crippen LogP contribution in [0.25, 0.3) is 5.57 Å². The van der Waals surface area contributed by atoms with Gasteiger partial charge in [0.2, 0.25) is 0 Å². The van der Waals surface area contributed by atoms with Crippen LogP contribution in [0.3, 0.4) is 0 Å². The Morgan fingerprint density at radius 1 is 1.30 bits per heavy atom. The van der Waals surface area contributed by atoms with Crippen LogP contribution in [0.1, 0.15) is 18.1 Å². The Hall–Kier alpha value is -0.894. The third-order valence-electron chi connectivity index (χ3n) is 3.29. The second-order valence-electron chi connectivity index (χ2n) is 5.01. The number of rotatable bonds is 6. The zero-order valence-electron chi connectivity index (χ0n) is 13.3. The van der Waals surface area contributed by atoms with Crippen LogP contribution in [0.15, 0.2) is 41.8 Å². The van der Waals surface area contributed by atoms with Crippen molar-refractivity contribution in [3.63, 3.8) is 0 Å². The van der Waals surface area contributed by atoms with E-state index in [2.05, 4.69) is 4.72 Å². The first-order valence-electron chi connectivity index (χ1n) is 7.11. The molecule has 134 valence electrons. The number of carbonyl (C=O) groups excluding carboxylic acids is 1. The van der Waals surface area contributed by atoms with Crippen LogP contribution in [0.2, 0.25) is 10.0 Å². The van der Waals surface area contributed by atoms with Crippen LogP contribution in [-0.2, 0) is 4.79 Å². The number of carbonyl (C=O) groups is 1. The summed E-state index contributed by atoms with van der Waals surface area (Å²) in [5.74, 6) is -0.250. The molecular weight excluding hydrogens is 436 g/mol. The molecular formula is C17H12Cl2KN3O3S. The monoisotopic (exact) mass is 447 g/mol. The molecule has 27 heavy (non-hydrogen) atoms. The maximum absolute atomic E-state index is 12.0. The number of nitro groups is 1. The van der Waals surface area contributed by atoms with E-state index in [9.17, 15) is 14.9 Å². The van der Waals surface area contributed by atoms with E-state index in [0.717, 1.165) is 11.9 Å². The van der Waals surface area contributed by atoms with Crippen LogP contribution in [-0.4, -0.2) is 62.1 Å². The Kier molecular flexibility index (Phi) is 10.0. The van der Waals surface area contributed by atoms with E-state index >= 15 is 0 Å². The first kappa shape index (κ1) is 24.1. The van der Waals surface area contributed by atoms with Crippen molar-refractivity contribution in [2.75, 3.05) is 4.72 Å². The molecule has 0 aromatic heterocycles. The number of Topliss-reactive ketones (excluding diaryl/α,β-unsaturated/α-hetero) is 1. The van der Waals surface area contributed by atoms with Crippen molar-refractivity contribution >= 4 is 109 Å². The van der Waals surface area contributed by atoms with Crippen molar-refractivity contribution in [2.24, 2.45) is 0 Å². The average Bonchev–Trinajstić information content (AvgIpc) is 2.59. The third kappa shape index (κ3) is 6.31. The second-order valence-corrected chi connectivity index (χ2v) is 6.50. The molecule has 2 aromatic rings. The number of allylic oxidation sites excluding steroid dienone is 1. The van der Waals surface area contributed by atoms with E-state index in [1.54, 1.807) is 12.1 Å². The van der Waals surface area contributed by atoms with Crippen molar-refractivity contribution in [2.45, 2.75) is 6.92 Å². The van der Waals surface area contributed by atoms with E-state index in [0.29, 0.717) is 16.7 Å². The van der Waals surface area contributed by atoms with E-state index in [1.807, 2.05) is 6.07 Å². The number of nitriles is 1. The van der Waals surface area contributed by atoms with Crippen LogP contribution < -0.4 is 4.72 Å². The first-order chi connectivity index (χ1) is 12.3. The number of nitro benzene ring substituents is 1. The maximum atomic E-state index is 12.0. The Morgan fingerprint density at radius 3 is 2.56 bits per heavy atom. The molecule has 10 heteroatoms. The molecule has 0 aliphatic carbocycles. The van der Waals surface area contributed by atoms with Crippen molar-refractivity contribution < 1.29 is 9.72 Å². The van der Waals surface area contributed by atoms with Gasteiger partial charge in [-0.1, -0.05) is 35.3 Å². The predicted molar refractivity (Wildman–Crippen MR) is 111 cm³/mol. The van der Waals surface area contributed by atoms with Gasteiger partial charge in [0.15, 0.2) is 5.78 Å². The van der Waals surface area contributed by atoms with Gasteiger partial charge < -0.3 is 4.72 Å². The fourth-order valence-corrected chi connectivity index (χ4v) is 3.41. The van der Waals surface area contributed by atoms with Gasteiger partial charge in [0.1, 0.15) is 5.69 Å². The van der Waals surface area contributed by atoms with Gasteiger partial charge in [-0.3, -0.25) is 14.9 Å². The van der Waals surface area contributed by atoms with Gasteiger partial charge in [-0.15, -0.1) is 0 Å². The summed E-state index contributed by atoms with van der Waals surface area (Å²) in [6, 6.07) is 10.9. The number of halogens is 2. The quantitative estimate of drug-likeness (QED) is 0.224. The molecule has 2 rings (SSSR count). The standard InChI is InChI=1S/C17H11Cl2N3O3S.K.H/c1-10(23)13(12-6-5-11(8-20)7-15(12)19)9-26-21-17-14(18)3-2-4-16(17)22(24)25;;/h2-7,9,21H,1H3;;. The fraction of sp³-hybridized carbons (Fsp3) is 0.0588. The summed E-state index contributed by atoms with van der Waals surface area (Å²) in [6.45, 7) is 1.37. The SMILES string of the molecule is CC(=O)C(=CSNc1c(Cl)cccc1[N+](=O)[O-])c1ccc(C#N)cc1Cl.[KH]. The van der Waals surface area contributed by atoms with Crippen molar-refractivity contribution in [1.29, 1.82) is 5.26 Å². The summed E-state index contributed by atoms with van der Waals surface area (Å²) in [5, 5.41) is 21.9. The molecule has 0 fully saturated rings. The number of hydrogen-bond donors (Lipinski definition) is 1. The van der Waals surface area contributed by atoms with Crippen LogP contribution in [0.5, 0.6) is 0 Å². The molecule has 0 saturated carbocycles. The second kappa shape index (κ2) is 11.2. The van der Waals surface area contributed by atoms with Crippen molar-refractivity contribution in [1.82, 2.24) is 0 Å². The molecule has 0 unspecified atom stereocenters. The number of benzene rings is 2. The molecule has 1 N–H and O–H groups in total. The number of para-hydroxylation sites is 1. The van der Waals surface area contributed by atoms with Crippen LogP contribution in [0, 0.1) is 21.4 Å². The van der Waals surface area contributed by atoms with Crippen molar-refractivity contribution in [3.05, 3.63) is 73.1 Å². The normalized spacial score (nSPS) is 10.5. The van der Waals surface area contributed by atoms with Gasteiger partial charge in [-0.25, -0.2) is 0 Å². The summed E-state index contributed by atoms with van der Waals surface area (Å²) in [5.41, 5.74) is 1.08. The Balaban J connectivity index is 0.00000364. The van der Waals surface area contributed by atoms with Crippen LogP contribution >= 0.6 is 35.1 Å². The minimum absolute atomic E-state index is 0. The van der Waals surface area contributed by atoms with E-state index in [-0.39, 0.29) is 78.6 Å². The van der Waals surface area contributed by atoms with Gasteiger partial charge in [-0.2, -0.15) is 5.26 Å². The molecule has 0 aliphatic rings. The zero-order chi connectivity index (χ0) is 19.3. The van der Waals surface area contributed by atoms with Gasteiger partial charge in [-0.05, 0) is 37.1 Å². The third-order valence-corrected chi connectivity index (χ3v) is 4.60. The Morgan fingerprint density at radius 2 is 2.00 bits per heavy atom. The summed E-state index contributed by atoms with van der Waals surface area (Å²) in [4.78, 5) is 22.5. The first-order valence-corrected chi connectivity index (χ1v) is 8.74. The summed E-state index contributed by atoms with van der Waals surface area (Å²) < 4.78 is 2.78. The molecule has 0 atom stereocenters. The van der Waals surface area contributed by atoms with Gasteiger partial charge in [0.25, 0.3) is 5.69 Å². The molecule has 0 radical (unpaired) electrons. The van der Waals surface area contributed by atoms with Gasteiger partial charge in [0.05, 0.1) is 21.6 Å². The van der Waals surface area contributed by atoms with Crippen LogP contribution in [0.4, 0.5) is 11.4 Å². The van der Waals surface area contributed by atoms with Crippen molar-refractivity contribution in [3.8, 4) is 6.07 Å². The number of anilines is 1.